The first-order chi connectivity index (χ1) is 6.24. The minimum absolute atomic E-state index is 0.109. The minimum Gasteiger partial charge on any atom is -0.355 e. The van der Waals surface area contributed by atoms with Crippen LogP contribution in [-0.4, -0.2) is 10.1 Å². The van der Waals surface area contributed by atoms with Crippen LogP contribution in [-0.2, 0) is 0 Å². The number of hydrazine groups is 1. The van der Waals surface area contributed by atoms with Crippen LogP contribution in [0.3, 0.4) is 0 Å². The highest BCUT2D eigenvalue weighted by Crippen LogP contribution is 2.08. The fourth-order valence-corrected chi connectivity index (χ4v) is 1.13. The number of nitrogens with one attached hydrogen (secondary N) is 2. The number of thiocarbonyl (C=S) groups is 1. The molecular formula is C8H12N4S. The van der Waals surface area contributed by atoms with Crippen LogP contribution in [0.5, 0.6) is 0 Å². The Bertz CT molecular complexity index is 275. The number of nitrogens with two attached hydrogens (primary N) is 1. The molecule has 0 saturated carbocycles. The molecule has 0 fully saturated rings. The van der Waals surface area contributed by atoms with Gasteiger partial charge in [0.1, 0.15) is 0 Å². The van der Waals surface area contributed by atoms with E-state index in [0.717, 1.165) is 5.56 Å². The van der Waals surface area contributed by atoms with Gasteiger partial charge < -0.3 is 10.7 Å². The van der Waals surface area contributed by atoms with Gasteiger partial charge in [-0.3, -0.25) is 4.98 Å². The lowest BCUT2D eigenvalue weighted by Crippen LogP contribution is -2.40. The Labute approximate surface area is 82.5 Å². The Morgan fingerprint density at radius 2 is 2.46 bits per heavy atom. The van der Waals surface area contributed by atoms with E-state index in [1.54, 1.807) is 12.4 Å². The van der Waals surface area contributed by atoms with Crippen molar-refractivity contribution >= 4 is 17.3 Å². The average Bonchev–Trinajstić information content (AvgIpc) is 2.19. The largest absolute Gasteiger partial charge is 0.355 e. The number of rotatable bonds is 2. The number of aromatic nitrogens is 1. The monoisotopic (exact) mass is 196 g/mol. The molecule has 4 nitrogen and oxygen atoms in total. The molecular weight excluding hydrogens is 184 g/mol. The lowest BCUT2D eigenvalue weighted by Gasteiger charge is -2.14. The number of hydrogen-bond donors (Lipinski definition) is 3. The van der Waals surface area contributed by atoms with Crippen LogP contribution >= 0.6 is 12.2 Å². The summed E-state index contributed by atoms with van der Waals surface area (Å²) in [6.45, 7) is 1.99. The van der Waals surface area contributed by atoms with Crippen LogP contribution in [0, 0.1) is 0 Å². The zero-order valence-electron chi connectivity index (χ0n) is 7.32. The van der Waals surface area contributed by atoms with Crippen molar-refractivity contribution in [3.05, 3.63) is 30.1 Å². The molecule has 1 rings (SSSR count). The fraction of sp³-hybridized carbons (Fsp3) is 0.250. The van der Waals surface area contributed by atoms with Crippen molar-refractivity contribution in [1.82, 2.24) is 15.7 Å². The first-order valence-corrected chi connectivity index (χ1v) is 4.32. The summed E-state index contributed by atoms with van der Waals surface area (Å²) in [5.74, 6) is 5.13. The van der Waals surface area contributed by atoms with E-state index in [1.807, 2.05) is 19.1 Å². The number of nitrogens with zero attached hydrogens (tertiary/aromatic N) is 1. The molecule has 1 unspecified atom stereocenters. The first-order valence-electron chi connectivity index (χ1n) is 3.91. The van der Waals surface area contributed by atoms with Gasteiger partial charge in [0.15, 0.2) is 5.11 Å². The predicted octanol–water partition coefficient (Wildman–Crippen LogP) is 0.480. The van der Waals surface area contributed by atoms with Gasteiger partial charge in [-0.15, -0.1) is 0 Å². The molecule has 0 aromatic carbocycles. The van der Waals surface area contributed by atoms with Crippen molar-refractivity contribution < 1.29 is 0 Å². The molecule has 13 heavy (non-hydrogen) atoms. The molecule has 0 spiro atoms. The van der Waals surface area contributed by atoms with Gasteiger partial charge in [-0.25, -0.2) is 5.84 Å². The highest BCUT2D eigenvalue weighted by Gasteiger charge is 2.04. The molecule has 1 aromatic heterocycles. The van der Waals surface area contributed by atoms with Crippen LogP contribution in [0.2, 0.25) is 0 Å². The molecule has 1 aromatic rings. The van der Waals surface area contributed by atoms with Gasteiger partial charge in [-0.1, -0.05) is 6.07 Å². The Hall–Kier alpha value is -1.20. The van der Waals surface area contributed by atoms with Gasteiger partial charge in [-0.2, -0.15) is 0 Å². The summed E-state index contributed by atoms with van der Waals surface area (Å²) in [5.41, 5.74) is 3.44. The van der Waals surface area contributed by atoms with E-state index in [1.165, 1.54) is 0 Å². The topological polar surface area (TPSA) is 63.0 Å². The molecule has 0 amide bonds. The van der Waals surface area contributed by atoms with Crippen molar-refractivity contribution in [3.63, 3.8) is 0 Å². The summed E-state index contributed by atoms with van der Waals surface area (Å²) >= 11 is 4.86. The van der Waals surface area contributed by atoms with E-state index in [0.29, 0.717) is 5.11 Å². The number of pyridine rings is 1. The first kappa shape index (κ1) is 9.88. The van der Waals surface area contributed by atoms with Gasteiger partial charge in [-0.05, 0) is 30.8 Å². The maximum Gasteiger partial charge on any atom is 0.181 e. The van der Waals surface area contributed by atoms with Gasteiger partial charge >= 0.3 is 0 Å². The molecule has 0 radical (unpaired) electrons. The summed E-state index contributed by atoms with van der Waals surface area (Å²) in [6, 6.07) is 3.97. The summed E-state index contributed by atoms with van der Waals surface area (Å²) in [5, 5.41) is 3.43. The highest BCUT2D eigenvalue weighted by molar-refractivity contribution is 7.80. The van der Waals surface area contributed by atoms with Gasteiger partial charge in [0, 0.05) is 12.4 Å². The molecule has 1 atom stereocenters. The average molecular weight is 196 g/mol. The molecule has 0 bridgehead atoms. The second-order valence-corrected chi connectivity index (χ2v) is 3.03. The zero-order chi connectivity index (χ0) is 9.68. The highest BCUT2D eigenvalue weighted by atomic mass is 32.1. The van der Waals surface area contributed by atoms with Gasteiger partial charge in [0.2, 0.25) is 0 Å². The molecule has 4 N–H and O–H groups in total. The maximum absolute atomic E-state index is 5.13. The van der Waals surface area contributed by atoms with Crippen LogP contribution < -0.4 is 16.6 Å². The molecule has 70 valence electrons. The van der Waals surface area contributed by atoms with Crippen molar-refractivity contribution in [2.24, 2.45) is 5.84 Å². The Balaban J connectivity index is 2.59. The maximum atomic E-state index is 5.13. The smallest absolute Gasteiger partial charge is 0.181 e. The van der Waals surface area contributed by atoms with Crippen LogP contribution in [0.1, 0.15) is 18.5 Å². The summed E-state index contributed by atoms with van der Waals surface area (Å²) in [4.78, 5) is 4.00. The molecule has 5 heteroatoms. The summed E-state index contributed by atoms with van der Waals surface area (Å²) in [6.07, 6.45) is 3.52. The Morgan fingerprint density at radius 1 is 1.69 bits per heavy atom. The zero-order valence-corrected chi connectivity index (χ0v) is 8.14. The Morgan fingerprint density at radius 3 is 3.00 bits per heavy atom. The van der Waals surface area contributed by atoms with Crippen LogP contribution in [0.25, 0.3) is 0 Å². The third kappa shape index (κ3) is 2.96. The molecule has 0 aliphatic heterocycles. The third-order valence-corrected chi connectivity index (χ3v) is 1.90. The fourth-order valence-electron chi connectivity index (χ4n) is 0.954. The SMILES string of the molecule is CC(NC(=S)NN)c1cccnc1. The predicted molar refractivity (Wildman–Crippen MR) is 55.7 cm³/mol. The Kier molecular flexibility index (Phi) is 3.60. The van der Waals surface area contributed by atoms with E-state index in [4.69, 9.17) is 18.1 Å². The van der Waals surface area contributed by atoms with Crippen molar-refractivity contribution in [3.8, 4) is 0 Å². The summed E-state index contributed by atoms with van der Waals surface area (Å²) < 4.78 is 0. The van der Waals surface area contributed by atoms with Crippen molar-refractivity contribution in [2.75, 3.05) is 0 Å². The lowest BCUT2D eigenvalue weighted by molar-refractivity contribution is 0.700. The van der Waals surface area contributed by atoms with Gasteiger partial charge in [0.25, 0.3) is 0 Å². The second kappa shape index (κ2) is 4.74. The summed E-state index contributed by atoms with van der Waals surface area (Å²) in [7, 11) is 0. The van der Waals surface area contributed by atoms with E-state index in [-0.39, 0.29) is 6.04 Å². The molecule has 0 aliphatic carbocycles. The lowest BCUT2D eigenvalue weighted by atomic mass is 10.1. The van der Waals surface area contributed by atoms with Crippen LogP contribution in [0.15, 0.2) is 24.5 Å². The van der Waals surface area contributed by atoms with Gasteiger partial charge in [0.05, 0.1) is 6.04 Å². The van der Waals surface area contributed by atoms with Crippen LogP contribution in [0.4, 0.5) is 0 Å². The molecule has 1 heterocycles. The molecule has 0 aliphatic rings. The third-order valence-electron chi connectivity index (χ3n) is 1.66. The molecule has 0 saturated heterocycles. The minimum atomic E-state index is 0.109. The van der Waals surface area contributed by atoms with E-state index >= 15 is 0 Å². The number of hydrogen-bond acceptors (Lipinski definition) is 3. The standard InChI is InChI=1S/C8H12N4S/c1-6(11-8(13)12-9)7-3-2-4-10-5-7/h2-6H,9H2,1H3,(H2,11,12,13). The quantitative estimate of drug-likeness (QED) is 0.365. The van der Waals surface area contributed by atoms with Crippen molar-refractivity contribution in [1.29, 1.82) is 0 Å². The van der Waals surface area contributed by atoms with E-state index < -0.39 is 0 Å². The van der Waals surface area contributed by atoms with Crippen molar-refractivity contribution in [2.45, 2.75) is 13.0 Å². The normalized spacial score (nSPS) is 11.8. The van der Waals surface area contributed by atoms with E-state index in [2.05, 4.69) is 15.7 Å². The van der Waals surface area contributed by atoms with E-state index in [9.17, 15) is 0 Å². The second-order valence-electron chi connectivity index (χ2n) is 2.63.